The number of aryl methyl sites for hydroxylation is 1. The molecule has 3 aliphatic rings. The molecule has 0 aromatic carbocycles. The first kappa shape index (κ1) is 18.7. The average Bonchev–Trinajstić information content (AvgIpc) is 2.88. The van der Waals surface area contributed by atoms with Crippen LogP contribution in [-0.4, -0.2) is 61.8 Å². The Morgan fingerprint density at radius 3 is 2.61 bits per heavy atom. The van der Waals surface area contributed by atoms with Crippen molar-refractivity contribution in [3.8, 4) is 0 Å². The Hall–Kier alpha value is -2.70. The van der Waals surface area contributed by atoms with Crippen molar-refractivity contribution in [1.82, 2.24) is 24.3 Å². The predicted molar refractivity (Wildman–Crippen MR) is 105 cm³/mol. The highest BCUT2D eigenvalue weighted by molar-refractivity contribution is 5.96. The number of hydrogen-bond donors (Lipinski definition) is 0. The van der Waals surface area contributed by atoms with Gasteiger partial charge in [-0.05, 0) is 45.6 Å². The minimum Gasteiger partial charge on any atom is -0.349 e. The number of fused-ring (bicyclic) bond motifs is 4. The minimum absolute atomic E-state index is 0.0524. The van der Waals surface area contributed by atoms with E-state index in [0.29, 0.717) is 31.2 Å². The fourth-order valence-electron chi connectivity index (χ4n) is 4.73. The van der Waals surface area contributed by atoms with Gasteiger partial charge in [0.15, 0.2) is 0 Å². The molecular weight excluding hydrogens is 354 g/mol. The summed E-state index contributed by atoms with van der Waals surface area (Å²) in [4.78, 5) is 38.3. The zero-order valence-corrected chi connectivity index (χ0v) is 16.8. The van der Waals surface area contributed by atoms with Crippen LogP contribution >= 0.6 is 0 Å². The van der Waals surface area contributed by atoms with Crippen molar-refractivity contribution < 1.29 is 9.59 Å². The number of hydrogen-bond acceptors (Lipinski definition) is 4. The molecule has 28 heavy (non-hydrogen) atoms. The first-order chi connectivity index (χ1) is 13.5. The van der Waals surface area contributed by atoms with Crippen molar-refractivity contribution in [2.45, 2.75) is 46.2 Å². The third-order valence-corrected chi connectivity index (χ3v) is 6.16. The summed E-state index contributed by atoms with van der Waals surface area (Å²) in [6, 6.07) is 2.05. The summed E-state index contributed by atoms with van der Waals surface area (Å²) in [5, 5.41) is 0. The molecule has 3 saturated heterocycles. The summed E-state index contributed by atoms with van der Waals surface area (Å²) in [6.45, 7) is 8.96. The van der Waals surface area contributed by atoms with Crippen LogP contribution in [0.25, 0.3) is 0 Å². The minimum atomic E-state index is -0.0940. The van der Waals surface area contributed by atoms with E-state index in [4.69, 9.17) is 0 Å². The van der Waals surface area contributed by atoms with Crippen LogP contribution in [0.4, 0.5) is 0 Å². The van der Waals surface area contributed by atoms with Crippen molar-refractivity contribution in [2.75, 3.05) is 19.6 Å². The molecule has 0 spiro atoms. The molecule has 0 N–H and O–H groups in total. The molecule has 5 rings (SSSR count). The second kappa shape index (κ2) is 7.37. The Balaban J connectivity index is 1.57. The van der Waals surface area contributed by atoms with Gasteiger partial charge in [0.05, 0.1) is 11.8 Å². The number of piperidine rings is 1. The van der Waals surface area contributed by atoms with Gasteiger partial charge in [0, 0.05) is 56.0 Å². The lowest BCUT2D eigenvalue weighted by molar-refractivity contribution is 0.0573. The van der Waals surface area contributed by atoms with Gasteiger partial charge in [-0.25, -0.2) is 4.98 Å². The first-order valence-corrected chi connectivity index (χ1v) is 10.0. The zero-order chi connectivity index (χ0) is 19.8. The summed E-state index contributed by atoms with van der Waals surface area (Å²) >= 11 is 0. The fraction of sp³-hybridized carbons (Fsp3) is 0.524. The quantitative estimate of drug-likeness (QED) is 0.818. The number of amides is 2. The van der Waals surface area contributed by atoms with Crippen LogP contribution in [0.15, 0.2) is 24.7 Å². The summed E-state index contributed by atoms with van der Waals surface area (Å²) in [7, 11) is 0. The van der Waals surface area contributed by atoms with E-state index in [2.05, 4.69) is 21.5 Å². The lowest BCUT2D eigenvalue weighted by Gasteiger charge is -2.36. The molecule has 2 aromatic rings. The molecule has 3 fully saturated rings. The standard InChI is InChI=1S/C21H27N5O2/c1-4-25-14(2)9-18(15(25)3)20(27)26-12-16-5-6-17(26)13-24(11-16)21(28)19-10-22-7-8-23-19/h7-10,16-17H,4-6,11-13H2,1-3H3/t16-,17+/m0/s1. The summed E-state index contributed by atoms with van der Waals surface area (Å²) in [5.41, 5.74) is 3.30. The Kier molecular flexibility index (Phi) is 4.91. The van der Waals surface area contributed by atoms with Gasteiger partial charge >= 0.3 is 0 Å². The van der Waals surface area contributed by atoms with Crippen LogP contribution in [0, 0.1) is 19.8 Å². The molecule has 148 valence electrons. The Morgan fingerprint density at radius 1 is 1.11 bits per heavy atom. The number of rotatable bonds is 3. The van der Waals surface area contributed by atoms with Gasteiger partial charge in [-0.1, -0.05) is 0 Å². The lowest BCUT2D eigenvalue weighted by Crippen LogP contribution is -2.47. The topological polar surface area (TPSA) is 71.3 Å². The Morgan fingerprint density at radius 2 is 1.93 bits per heavy atom. The van der Waals surface area contributed by atoms with Crippen LogP contribution in [0.2, 0.25) is 0 Å². The van der Waals surface area contributed by atoms with Crippen LogP contribution in [0.5, 0.6) is 0 Å². The van der Waals surface area contributed by atoms with E-state index in [1.54, 1.807) is 12.4 Å². The van der Waals surface area contributed by atoms with Gasteiger partial charge in [0.25, 0.3) is 11.8 Å². The van der Waals surface area contributed by atoms with Crippen molar-refractivity contribution in [3.63, 3.8) is 0 Å². The molecule has 0 unspecified atom stereocenters. The smallest absolute Gasteiger partial charge is 0.274 e. The van der Waals surface area contributed by atoms with E-state index in [-0.39, 0.29) is 17.9 Å². The predicted octanol–water partition coefficient (Wildman–Crippen LogP) is 2.29. The second-order valence-corrected chi connectivity index (χ2v) is 7.88. The number of aromatic nitrogens is 3. The average molecular weight is 381 g/mol. The van der Waals surface area contributed by atoms with Gasteiger partial charge in [-0.3, -0.25) is 14.6 Å². The molecule has 2 amide bonds. The van der Waals surface area contributed by atoms with Gasteiger partial charge in [0.2, 0.25) is 0 Å². The highest BCUT2D eigenvalue weighted by Crippen LogP contribution is 2.30. The SMILES string of the molecule is CCn1c(C)cc(C(=O)N2C[C@H]3CC[C@@H]2CN(C(=O)c2cnccn2)C3)c1C. The van der Waals surface area contributed by atoms with Crippen molar-refractivity contribution >= 4 is 11.8 Å². The van der Waals surface area contributed by atoms with Crippen LogP contribution < -0.4 is 0 Å². The first-order valence-electron chi connectivity index (χ1n) is 10.0. The van der Waals surface area contributed by atoms with Gasteiger partial charge in [-0.15, -0.1) is 0 Å². The molecular formula is C21H27N5O2. The second-order valence-electron chi connectivity index (χ2n) is 7.88. The number of carbonyl (C=O) groups excluding carboxylic acids is 2. The maximum atomic E-state index is 13.4. The summed E-state index contributed by atoms with van der Waals surface area (Å²) in [6.07, 6.45) is 6.60. The third-order valence-electron chi connectivity index (χ3n) is 6.16. The van der Waals surface area contributed by atoms with E-state index in [1.165, 1.54) is 6.20 Å². The molecule has 2 aromatic heterocycles. The molecule has 0 aliphatic carbocycles. The highest BCUT2D eigenvalue weighted by atomic mass is 16.2. The maximum Gasteiger partial charge on any atom is 0.274 e. The molecule has 5 heterocycles. The molecule has 7 heteroatoms. The molecule has 0 radical (unpaired) electrons. The van der Waals surface area contributed by atoms with E-state index < -0.39 is 0 Å². The van der Waals surface area contributed by atoms with Gasteiger partial charge in [-0.2, -0.15) is 0 Å². The van der Waals surface area contributed by atoms with E-state index in [1.807, 2.05) is 29.7 Å². The van der Waals surface area contributed by atoms with Crippen molar-refractivity contribution in [2.24, 2.45) is 5.92 Å². The monoisotopic (exact) mass is 381 g/mol. The molecule has 7 nitrogen and oxygen atoms in total. The van der Waals surface area contributed by atoms with E-state index >= 15 is 0 Å². The van der Waals surface area contributed by atoms with E-state index in [9.17, 15) is 9.59 Å². The van der Waals surface area contributed by atoms with Gasteiger partial charge in [0.1, 0.15) is 5.69 Å². The molecule has 2 bridgehead atoms. The van der Waals surface area contributed by atoms with Crippen LogP contribution in [0.1, 0.15) is 52.0 Å². The van der Waals surface area contributed by atoms with Crippen LogP contribution in [0.3, 0.4) is 0 Å². The molecule has 0 saturated carbocycles. The van der Waals surface area contributed by atoms with Gasteiger partial charge < -0.3 is 14.4 Å². The summed E-state index contributed by atoms with van der Waals surface area (Å²) in [5.74, 6) is 0.303. The van der Waals surface area contributed by atoms with E-state index in [0.717, 1.165) is 36.3 Å². The number of carbonyl (C=O) groups is 2. The fourth-order valence-corrected chi connectivity index (χ4v) is 4.73. The van der Waals surface area contributed by atoms with Crippen LogP contribution in [-0.2, 0) is 6.54 Å². The normalized spacial score (nSPS) is 21.7. The zero-order valence-electron chi connectivity index (χ0n) is 16.8. The Labute approximate surface area is 165 Å². The largest absolute Gasteiger partial charge is 0.349 e. The van der Waals surface area contributed by atoms with Crippen molar-refractivity contribution in [3.05, 3.63) is 47.3 Å². The third kappa shape index (κ3) is 3.19. The number of nitrogens with zero attached hydrogens (tertiary/aromatic N) is 5. The maximum absolute atomic E-state index is 13.4. The molecule has 2 atom stereocenters. The Bertz CT molecular complexity index is 892. The molecule has 3 aliphatic heterocycles. The highest BCUT2D eigenvalue weighted by Gasteiger charge is 2.39. The van der Waals surface area contributed by atoms with Crippen molar-refractivity contribution in [1.29, 1.82) is 0 Å². The lowest BCUT2D eigenvalue weighted by atomic mass is 9.94. The summed E-state index contributed by atoms with van der Waals surface area (Å²) < 4.78 is 2.17.